The molecule has 0 spiro atoms. The van der Waals surface area contributed by atoms with Crippen LogP contribution in [0.2, 0.25) is 0 Å². The fourth-order valence-corrected chi connectivity index (χ4v) is 4.09. The average molecular weight is 514 g/mol. The summed E-state index contributed by atoms with van der Waals surface area (Å²) in [6.07, 6.45) is 3.11. The van der Waals surface area contributed by atoms with Gasteiger partial charge in [-0.1, -0.05) is 42.5 Å². The van der Waals surface area contributed by atoms with E-state index in [0.717, 1.165) is 10.5 Å². The van der Waals surface area contributed by atoms with Crippen LogP contribution in [-0.4, -0.2) is 49.3 Å². The van der Waals surface area contributed by atoms with E-state index in [1.54, 1.807) is 86.8 Å². The molecule has 1 saturated heterocycles. The monoisotopic (exact) mass is 513 g/mol. The van der Waals surface area contributed by atoms with Crippen LogP contribution >= 0.6 is 0 Å². The molecule has 3 aromatic carbocycles. The number of rotatable bonds is 9. The summed E-state index contributed by atoms with van der Waals surface area (Å²) < 4.78 is 10.5. The van der Waals surface area contributed by atoms with Crippen molar-refractivity contribution in [2.45, 2.75) is 12.5 Å². The van der Waals surface area contributed by atoms with E-state index in [0.29, 0.717) is 28.3 Å². The van der Waals surface area contributed by atoms with E-state index >= 15 is 0 Å². The summed E-state index contributed by atoms with van der Waals surface area (Å²) in [6.45, 7) is 1.16. The van der Waals surface area contributed by atoms with Gasteiger partial charge < -0.3 is 20.1 Å². The molecule has 0 saturated carbocycles. The van der Waals surface area contributed by atoms with Gasteiger partial charge in [-0.25, -0.2) is 4.79 Å². The Balaban J connectivity index is 1.36. The summed E-state index contributed by atoms with van der Waals surface area (Å²) in [7, 11) is 3.09. The Morgan fingerprint density at radius 1 is 0.947 bits per heavy atom. The fourth-order valence-electron chi connectivity index (χ4n) is 4.09. The lowest BCUT2D eigenvalue weighted by Crippen LogP contribution is -2.42. The van der Waals surface area contributed by atoms with Crippen LogP contribution in [0.25, 0.3) is 6.08 Å². The normalized spacial score (nSPS) is 16.9. The second-order valence-electron chi connectivity index (χ2n) is 8.75. The van der Waals surface area contributed by atoms with E-state index in [9.17, 15) is 19.2 Å². The predicted molar refractivity (Wildman–Crippen MR) is 142 cm³/mol. The number of nitrogens with one attached hydrogen (secondary N) is 2. The topological polar surface area (TPSA) is 114 Å². The third-order valence-electron chi connectivity index (χ3n) is 6.22. The Morgan fingerprint density at radius 3 is 2.29 bits per heavy atom. The third-order valence-corrected chi connectivity index (χ3v) is 6.22. The van der Waals surface area contributed by atoms with Crippen molar-refractivity contribution in [3.63, 3.8) is 0 Å². The van der Waals surface area contributed by atoms with Gasteiger partial charge in [0.1, 0.15) is 12.1 Å². The van der Waals surface area contributed by atoms with Crippen LogP contribution in [0.15, 0.2) is 78.9 Å². The molecule has 0 aliphatic carbocycles. The van der Waals surface area contributed by atoms with Gasteiger partial charge in [-0.05, 0) is 60.5 Å². The number of benzene rings is 3. The summed E-state index contributed by atoms with van der Waals surface area (Å²) in [6, 6.07) is 19.8. The standard InChI is InChI=1S/C29H27N3O6/c1-29(21-7-5-4-6-8-21)27(35)32(28(36)31-29)18-26(34)30-22-13-11-20(12-14-22)23(33)15-9-19-10-16-24(37-2)25(17-19)38-3/h4-17H,18H2,1-3H3,(H,30,34)(H,31,36)/b15-9+. The van der Waals surface area contributed by atoms with Crippen LogP contribution in [0.5, 0.6) is 11.5 Å². The SMILES string of the molecule is COc1ccc(/C=C/C(=O)c2ccc(NC(=O)CN3C(=O)NC(C)(c4ccccc4)C3=O)cc2)cc1OC. The number of urea groups is 1. The number of amides is 4. The molecule has 1 unspecified atom stereocenters. The second kappa shape index (κ2) is 11.0. The van der Waals surface area contributed by atoms with Crippen molar-refractivity contribution < 1.29 is 28.7 Å². The number of carbonyl (C=O) groups excluding carboxylic acids is 4. The van der Waals surface area contributed by atoms with Gasteiger partial charge in [0.15, 0.2) is 17.3 Å². The highest BCUT2D eigenvalue weighted by Crippen LogP contribution is 2.29. The number of hydrogen-bond acceptors (Lipinski definition) is 6. The highest BCUT2D eigenvalue weighted by atomic mass is 16.5. The fraction of sp³-hybridized carbons (Fsp3) is 0.172. The van der Waals surface area contributed by atoms with Crippen molar-refractivity contribution >= 4 is 35.4 Å². The largest absolute Gasteiger partial charge is 0.493 e. The van der Waals surface area contributed by atoms with Crippen molar-refractivity contribution in [3.8, 4) is 11.5 Å². The van der Waals surface area contributed by atoms with Gasteiger partial charge in [-0.3, -0.25) is 19.3 Å². The molecule has 38 heavy (non-hydrogen) atoms. The predicted octanol–water partition coefficient (Wildman–Crippen LogP) is 4.01. The number of carbonyl (C=O) groups is 4. The molecular weight excluding hydrogens is 486 g/mol. The number of nitrogens with zero attached hydrogens (tertiary/aromatic N) is 1. The smallest absolute Gasteiger partial charge is 0.325 e. The zero-order valence-corrected chi connectivity index (χ0v) is 21.2. The summed E-state index contributed by atoms with van der Waals surface area (Å²) in [5.74, 6) is -0.130. The lowest BCUT2D eigenvalue weighted by atomic mass is 9.92. The maximum atomic E-state index is 13.0. The molecule has 9 nitrogen and oxygen atoms in total. The quantitative estimate of drug-likeness (QED) is 0.254. The molecule has 1 aliphatic rings. The first-order chi connectivity index (χ1) is 18.2. The molecule has 3 aromatic rings. The Morgan fingerprint density at radius 2 is 1.63 bits per heavy atom. The van der Waals surface area contributed by atoms with Crippen LogP contribution < -0.4 is 20.1 Å². The molecule has 0 radical (unpaired) electrons. The van der Waals surface area contributed by atoms with E-state index in [2.05, 4.69) is 10.6 Å². The number of hydrogen-bond donors (Lipinski definition) is 2. The van der Waals surface area contributed by atoms with E-state index in [1.807, 2.05) is 6.07 Å². The molecule has 194 valence electrons. The number of ether oxygens (including phenoxy) is 2. The van der Waals surface area contributed by atoms with Crippen LogP contribution in [0, 0.1) is 0 Å². The van der Waals surface area contributed by atoms with Crippen molar-refractivity contribution in [1.82, 2.24) is 10.2 Å². The molecule has 0 bridgehead atoms. The highest BCUT2D eigenvalue weighted by molar-refractivity contribution is 6.10. The van der Waals surface area contributed by atoms with E-state index in [1.165, 1.54) is 13.2 Å². The summed E-state index contributed by atoms with van der Waals surface area (Å²) in [5, 5.41) is 5.33. The van der Waals surface area contributed by atoms with E-state index < -0.39 is 29.9 Å². The van der Waals surface area contributed by atoms with Gasteiger partial charge in [-0.2, -0.15) is 0 Å². The lowest BCUT2D eigenvalue weighted by Gasteiger charge is -2.22. The molecule has 4 amide bonds. The number of methoxy groups -OCH3 is 2. The minimum atomic E-state index is -1.24. The summed E-state index contributed by atoms with van der Waals surface area (Å²) in [5.41, 5.74) is 0.997. The first-order valence-electron chi connectivity index (χ1n) is 11.8. The number of imide groups is 1. The lowest BCUT2D eigenvalue weighted by molar-refractivity contribution is -0.133. The van der Waals surface area contributed by atoms with Crippen LogP contribution in [-0.2, 0) is 15.1 Å². The maximum absolute atomic E-state index is 13.0. The molecule has 4 rings (SSSR count). The van der Waals surface area contributed by atoms with Gasteiger partial charge in [0.05, 0.1) is 14.2 Å². The van der Waals surface area contributed by atoms with Crippen LogP contribution in [0.1, 0.15) is 28.4 Å². The van der Waals surface area contributed by atoms with Crippen molar-refractivity contribution in [2.75, 3.05) is 26.1 Å². The summed E-state index contributed by atoms with van der Waals surface area (Å²) >= 11 is 0. The average Bonchev–Trinajstić information content (AvgIpc) is 3.16. The highest BCUT2D eigenvalue weighted by Gasteiger charge is 2.49. The molecular formula is C29H27N3O6. The minimum Gasteiger partial charge on any atom is -0.493 e. The van der Waals surface area contributed by atoms with Gasteiger partial charge >= 0.3 is 6.03 Å². The molecule has 1 fully saturated rings. The van der Waals surface area contributed by atoms with E-state index in [4.69, 9.17) is 9.47 Å². The van der Waals surface area contributed by atoms with Crippen molar-refractivity contribution in [2.24, 2.45) is 0 Å². The zero-order chi connectivity index (χ0) is 27.3. The van der Waals surface area contributed by atoms with E-state index in [-0.39, 0.29) is 5.78 Å². The van der Waals surface area contributed by atoms with Gasteiger partial charge in [0.2, 0.25) is 5.91 Å². The first-order valence-corrected chi connectivity index (χ1v) is 11.8. The van der Waals surface area contributed by atoms with Crippen molar-refractivity contribution in [1.29, 1.82) is 0 Å². The van der Waals surface area contributed by atoms with Crippen LogP contribution in [0.3, 0.4) is 0 Å². The molecule has 1 aliphatic heterocycles. The number of anilines is 1. The number of ketones is 1. The Bertz CT molecular complexity index is 1400. The Hall–Kier alpha value is -4.92. The molecule has 0 aromatic heterocycles. The Kier molecular flexibility index (Phi) is 7.57. The van der Waals surface area contributed by atoms with Crippen LogP contribution in [0.4, 0.5) is 10.5 Å². The zero-order valence-electron chi connectivity index (χ0n) is 21.2. The van der Waals surface area contributed by atoms with Gasteiger partial charge in [0, 0.05) is 11.3 Å². The molecule has 9 heteroatoms. The first kappa shape index (κ1) is 26.2. The molecule has 1 heterocycles. The van der Waals surface area contributed by atoms with Gasteiger partial charge in [-0.15, -0.1) is 0 Å². The van der Waals surface area contributed by atoms with Crippen molar-refractivity contribution in [3.05, 3.63) is 95.6 Å². The molecule has 1 atom stereocenters. The Labute approximate surface area is 220 Å². The van der Waals surface area contributed by atoms with Gasteiger partial charge in [0.25, 0.3) is 5.91 Å². The number of allylic oxidation sites excluding steroid dienone is 1. The second-order valence-corrected chi connectivity index (χ2v) is 8.75. The maximum Gasteiger partial charge on any atom is 0.325 e. The third kappa shape index (κ3) is 5.41. The molecule has 2 N–H and O–H groups in total. The summed E-state index contributed by atoms with van der Waals surface area (Å²) in [4.78, 5) is 51.5. The minimum absolute atomic E-state index is 0.225.